The van der Waals surface area contributed by atoms with Gasteiger partial charge in [-0.25, -0.2) is 0 Å². The molecule has 31 heavy (non-hydrogen) atoms. The van der Waals surface area contributed by atoms with Gasteiger partial charge in [0.2, 0.25) is 6.29 Å². The summed E-state index contributed by atoms with van der Waals surface area (Å²) in [5.74, 6) is -2.93. The minimum Gasteiger partial charge on any atom is -0.508 e. The lowest BCUT2D eigenvalue weighted by Gasteiger charge is -2.39. The van der Waals surface area contributed by atoms with Crippen LogP contribution >= 0.6 is 0 Å². The first-order chi connectivity index (χ1) is 14.7. The van der Waals surface area contributed by atoms with Crippen LogP contribution in [0.5, 0.6) is 17.2 Å². The molecule has 1 fully saturated rings. The summed E-state index contributed by atoms with van der Waals surface area (Å²) in [5, 5.41) is 59.2. The van der Waals surface area contributed by atoms with Crippen molar-refractivity contribution in [1.82, 2.24) is 0 Å². The van der Waals surface area contributed by atoms with Crippen LogP contribution in [0.15, 0.2) is 42.5 Å². The molecule has 5 atom stereocenters. The fourth-order valence-electron chi connectivity index (χ4n) is 3.21. The number of aromatic hydroxyl groups is 2. The van der Waals surface area contributed by atoms with Crippen LogP contribution in [0.3, 0.4) is 0 Å². The van der Waals surface area contributed by atoms with E-state index in [0.29, 0.717) is 0 Å². The molecule has 3 rings (SSSR count). The predicted octanol–water partition coefficient (Wildman–Crippen LogP) is -0.268. The van der Waals surface area contributed by atoms with Crippen LogP contribution in [-0.4, -0.2) is 79.5 Å². The van der Waals surface area contributed by atoms with Crippen molar-refractivity contribution in [3.63, 3.8) is 0 Å². The molecule has 10 nitrogen and oxygen atoms in total. The Balaban J connectivity index is 1.87. The average Bonchev–Trinajstić information content (AvgIpc) is 2.74. The van der Waals surface area contributed by atoms with E-state index in [1.807, 2.05) is 0 Å². The van der Waals surface area contributed by atoms with Gasteiger partial charge in [0.15, 0.2) is 11.6 Å². The quantitative estimate of drug-likeness (QED) is 0.251. The van der Waals surface area contributed by atoms with E-state index in [0.717, 1.165) is 12.1 Å². The smallest absolute Gasteiger partial charge is 0.229 e. The molecule has 166 valence electrons. The predicted molar refractivity (Wildman–Crippen MR) is 104 cm³/mol. The molecule has 0 saturated carbocycles. The van der Waals surface area contributed by atoms with Crippen LogP contribution in [0.1, 0.15) is 27.1 Å². The van der Waals surface area contributed by atoms with Gasteiger partial charge in [0.1, 0.15) is 47.2 Å². The maximum Gasteiger partial charge on any atom is 0.229 e. The number of rotatable bonds is 7. The van der Waals surface area contributed by atoms with Gasteiger partial charge in [-0.15, -0.1) is 0 Å². The van der Waals surface area contributed by atoms with Gasteiger partial charge in [0.05, 0.1) is 13.0 Å². The molecule has 6 N–H and O–H groups in total. The van der Waals surface area contributed by atoms with Crippen LogP contribution in [0.25, 0.3) is 0 Å². The van der Waals surface area contributed by atoms with Gasteiger partial charge in [0.25, 0.3) is 0 Å². The first-order valence-electron chi connectivity index (χ1n) is 9.37. The standard InChI is InChI=1S/C21H22O10/c22-9-16-18(27)19(28)20(29)21(31-16)30-15-7-11(23)6-13(25)17(15)14(26)8-12(24)10-4-2-1-3-5-10/h1-7,16,18-23,25,27-29H,8-9H2/t16-,18-,19-,20-,21-/m1/s1. The van der Waals surface area contributed by atoms with Gasteiger partial charge in [-0.2, -0.15) is 0 Å². The summed E-state index contributed by atoms with van der Waals surface area (Å²) in [6.07, 6.45) is -8.69. The van der Waals surface area contributed by atoms with Crippen molar-refractivity contribution >= 4 is 11.6 Å². The third-order valence-corrected chi connectivity index (χ3v) is 4.85. The number of Topliss-reactive ketones (excluding diaryl/α,β-unsaturated/α-hetero) is 2. The lowest BCUT2D eigenvalue weighted by Crippen LogP contribution is -2.60. The Kier molecular flexibility index (Phi) is 6.88. The summed E-state index contributed by atoms with van der Waals surface area (Å²) < 4.78 is 10.6. The molecule has 0 aliphatic carbocycles. The molecule has 0 unspecified atom stereocenters. The lowest BCUT2D eigenvalue weighted by atomic mass is 9.98. The Bertz CT molecular complexity index is 943. The molecule has 10 heteroatoms. The van der Waals surface area contributed by atoms with Crippen molar-refractivity contribution in [3.05, 3.63) is 53.6 Å². The van der Waals surface area contributed by atoms with Crippen molar-refractivity contribution in [1.29, 1.82) is 0 Å². The number of phenols is 2. The van der Waals surface area contributed by atoms with E-state index in [1.54, 1.807) is 18.2 Å². The maximum atomic E-state index is 12.8. The molecule has 0 radical (unpaired) electrons. The van der Waals surface area contributed by atoms with Crippen LogP contribution in [0, 0.1) is 0 Å². The van der Waals surface area contributed by atoms with E-state index < -0.39 is 78.1 Å². The molecule has 1 saturated heterocycles. The molecule has 2 aromatic carbocycles. The van der Waals surface area contributed by atoms with E-state index in [4.69, 9.17) is 9.47 Å². The van der Waals surface area contributed by atoms with Gasteiger partial charge in [-0.1, -0.05) is 30.3 Å². The van der Waals surface area contributed by atoms with Crippen LogP contribution in [0.4, 0.5) is 0 Å². The van der Waals surface area contributed by atoms with Crippen molar-refractivity contribution in [2.75, 3.05) is 6.61 Å². The zero-order valence-corrected chi connectivity index (χ0v) is 16.2. The van der Waals surface area contributed by atoms with E-state index in [1.165, 1.54) is 12.1 Å². The van der Waals surface area contributed by atoms with E-state index in [9.17, 15) is 40.2 Å². The molecular weight excluding hydrogens is 412 g/mol. The third-order valence-electron chi connectivity index (χ3n) is 4.85. The minimum absolute atomic E-state index is 0.283. The van der Waals surface area contributed by atoms with Crippen LogP contribution < -0.4 is 4.74 Å². The highest BCUT2D eigenvalue weighted by molar-refractivity contribution is 6.15. The third kappa shape index (κ3) is 4.84. The molecule has 0 aromatic heterocycles. The Hall–Kier alpha value is -3.02. The van der Waals surface area contributed by atoms with Crippen molar-refractivity contribution in [2.24, 2.45) is 0 Å². The normalized spacial score (nSPS) is 25.7. The van der Waals surface area contributed by atoms with Gasteiger partial charge >= 0.3 is 0 Å². The zero-order chi connectivity index (χ0) is 22.7. The number of carbonyl (C=O) groups is 2. The Morgan fingerprint density at radius 2 is 1.61 bits per heavy atom. The van der Waals surface area contributed by atoms with Crippen LogP contribution in [0.2, 0.25) is 0 Å². The number of ketones is 2. The Labute approximate surface area is 176 Å². The first kappa shape index (κ1) is 22.7. The van der Waals surface area contributed by atoms with Gasteiger partial charge in [-0.05, 0) is 0 Å². The fourth-order valence-corrected chi connectivity index (χ4v) is 3.21. The van der Waals surface area contributed by atoms with Crippen molar-refractivity contribution in [3.8, 4) is 17.2 Å². The lowest BCUT2D eigenvalue weighted by molar-refractivity contribution is -0.277. The van der Waals surface area contributed by atoms with E-state index >= 15 is 0 Å². The molecule has 1 heterocycles. The number of hydrogen-bond donors (Lipinski definition) is 6. The minimum atomic E-state index is -1.78. The maximum absolute atomic E-state index is 12.8. The SMILES string of the molecule is O=C(CC(=O)c1c(O)cc(O)cc1O[C@@H]1O[C@H](CO)[C@@H](O)[C@@H](O)[C@H]1O)c1ccccc1. The number of carbonyl (C=O) groups excluding carboxylic acids is 2. The summed E-state index contributed by atoms with van der Waals surface area (Å²) in [5.41, 5.74) is -0.162. The highest BCUT2D eigenvalue weighted by atomic mass is 16.7. The second-order valence-corrected chi connectivity index (χ2v) is 7.04. The number of hydrogen-bond acceptors (Lipinski definition) is 10. The Morgan fingerprint density at radius 1 is 0.935 bits per heavy atom. The second-order valence-electron chi connectivity index (χ2n) is 7.04. The first-order valence-corrected chi connectivity index (χ1v) is 9.37. The molecule has 2 aromatic rings. The molecule has 0 amide bonds. The molecular formula is C21H22O10. The van der Waals surface area contributed by atoms with Crippen LogP contribution in [-0.2, 0) is 4.74 Å². The topological polar surface area (TPSA) is 174 Å². The Morgan fingerprint density at radius 3 is 2.26 bits per heavy atom. The van der Waals surface area contributed by atoms with Gasteiger partial charge in [0, 0.05) is 17.7 Å². The van der Waals surface area contributed by atoms with Crippen molar-refractivity contribution < 1.29 is 49.7 Å². The zero-order valence-electron chi connectivity index (χ0n) is 16.2. The van der Waals surface area contributed by atoms with Crippen molar-refractivity contribution in [2.45, 2.75) is 37.1 Å². The largest absolute Gasteiger partial charge is 0.508 e. The number of benzene rings is 2. The summed E-state index contributed by atoms with van der Waals surface area (Å²) >= 11 is 0. The molecule has 0 bridgehead atoms. The summed E-state index contributed by atoms with van der Waals surface area (Å²) in [7, 11) is 0. The summed E-state index contributed by atoms with van der Waals surface area (Å²) in [4.78, 5) is 25.1. The second kappa shape index (κ2) is 9.41. The monoisotopic (exact) mass is 434 g/mol. The fraction of sp³-hybridized carbons (Fsp3) is 0.333. The number of aliphatic hydroxyl groups is 4. The van der Waals surface area contributed by atoms with Gasteiger partial charge in [-0.3, -0.25) is 9.59 Å². The average molecular weight is 434 g/mol. The van der Waals surface area contributed by atoms with E-state index in [-0.39, 0.29) is 5.56 Å². The highest BCUT2D eigenvalue weighted by Gasteiger charge is 2.45. The van der Waals surface area contributed by atoms with Gasteiger partial charge < -0.3 is 40.1 Å². The summed E-state index contributed by atoms with van der Waals surface area (Å²) in [6.45, 7) is -0.701. The number of ether oxygens (including phenoxy) is 2. The molecule has 1 aliphatic heterocycles. The number of aliphatic hydroxyl groups excluding tert-OH is 4. The highest BCUT2D eigenvalue weighted by Crippen LogP contribution is 2.36. The van der Waals surface area contributed by atoms with E-state index in [2.05, 4.69) is 0 Å². The molecule has 0 spiro atoms. The number of phenolic OH excluding ortho intramolecular Hbond substituents is 2. The summed E-state index contributed by atoms with van der Waals surface area (Å²) in [6, 6.07) is 9.85. The molecule has 1 aliphatic rings.